The van der Waals surface area contributed by atoms with E-state index in [-0.39, 0.29) is 6.61 Å². The monoisotopic (exact) mass is 365 g/mol. The molecule has 27 heavy (non-hydrogen) atoms. The number of hydrogen-bond donors (Lipinski definition) is 2. The van der Waals surface area contributed by atoms with Gasteiger partial charge < -0.3 is 14.8 Å². The second-order valence-corrected chi connectivity index (χ2v) is 7.15. The van der Waals surface area contributed by atoms with Crippen LogP contribution < -0.4 is 4.74 Å². The Hall–Kier alpha value is -2.37. The third-order valence-corrected chi connectivity index (χ3v) is 5.32. The zero-order valence-electron chi connectivity index (χ0n) is 15.8. The molecule has 1 atom stereocenters. The molecule has 3 aromatic rings. The minimum atomic E-state index is -0.00379. The Morgan fingerprint density at radius 3 is 2.93 bits per heavy atom. The zero-order chi connectivity index (χ0) is 18.6. The van der Waals surface area contributed by atoms with E-state index < -0.39 is 0 Å². The maximum atomic E-state index is 9.68. The van der Waals surface area contributed by atoms with E-state index in [1.807, 2.05) is 25.1 Å². The van der Waals surface area contributed by atoms with Gasteiger partial charge in [0, 0.05) is 12.1 Å². The van der Waals surface area contributed by atoms with Gasteiger partial charge in [0.15, 0.2) is 0 Å². The number of hydrogen-bond acceptors (Lipinski definition) is 4. The maximum Gasteiger partial charge on any atom is 0.124 e. The van der Waals surface area contributed by atoms with Crippen LogP contribution in [0.25, 0.3) is 11.0 Å². The highest BCUT2D eigenvalue weighted by molar-refractivity contribution is 5.74. The number of nitrogens with zero attached hydrogens (tertiary/aromatic N) is 2. The van der Waals surface area contributed by atoms with Crippen molar-refractivity contribution < 1.29 is 9.84 Å². The molecule has 0 bridgehead atoms. The number of aromatic amines is 1. The van der Waals surface area contributed by atoms with Crippen LogP contribution in [0.3, 0.4) is 0 Å². The maximum absolute atomic E-state index is 9.68. The summed E-state index contributed by atoms with van der Waals surface area (Å²) in [6, 6.07) is 14.7. The Morgan fingerprint density at radius 2 is 2.11 bits per heavy atom. The van der Waals surface area contributed by atoms with Gasteiger partial charge in [-0.1, -0.05) is 24.6 Å². The van der Waals surface area contributed by atoms with Crippen LogP contribution in [0.2, 0.25) is 0 Å². The van der Waals surface area contributed by atoms with Gasteiger partial charge >= 0.3 is 0 Å². The first kappa shape index (κ1) is 18.0. The smallest absolute Gasteiger partial charge is 0.124 e. The highest BCUT2D eigenvalue weighted by atomic mass is 16.5. The second kappa shape index (κ2) is 8.11. The second-order valence-electron chi connectivity index (χ2n) is 7.15. The van der Waals surface area contributed by atoms with Crippen LogP contribution in [-0.2, 0) is 13.2 Å². The number of para-hydroxylation sites is 2. The van der Waals surface area contributed by atoms with Gasteiger partial charge in [-0.2, -0.15) is 0 Å². The lowest BCUT2D eigenvalue weighted by Crippen LogP contribution is -2.33. The van der Waals surface area contributed by atoms with Gasteiger partial charge in [0.05, 0.1) is 30.3 Å². The van der Waals surface area contributed by atoms with Crippen LogP contribution >= 0.6 is 0 Å². The van der Waals surface area contributed by atoms with Crippen LogP contribution in [0, 0.1) is 0 Å². The summed E-state index contributed by atoms with van der Waals surface area (Å²) in [4.78, 5) is 10.9. The van der Waals surface area contributed by atoms with Crippen LogP contribution in [0.4, 0.5) is 0 Å². The molecule has 0 amide bonds. The van der Waals surface area contributed by atoms with Crippen LogP contribution in [0.1, 0.15) is 49.2 Å². The van der Waals surface area contributed by atoms with Crippen LogP contribution in [0.15, 0.2) is 42.5 Å². The number of imidazole rings is 1. The van der Waals surface area contributed by atoms with Gasteiger partial charge in [0.1, 0.15) is 11.6 Å². The van der Waals surface area contributed by atoms with E-state index in [1.165, 1.54) is 18.4 Å². The lowest BCUT2D eigenvalue weighted by atomic mass is 10.00. The van der Waals surface area contributed by atoms with Crippen molar-refractivity contribution in [2.45, 2.75) is 45.4 Å². The third kappa shape index (κ3) is 3.84. The standard InChI is InChI=1S/C22H27N3O2/c1-2-27-21-11-10-16(13-17(21)15-26)14-25-12-6-5-9-20(25)22-23-18-7-3-4-8-19(18)24-22/h3-4,7-8,10-11,13,20,26H,2,5-6,9,12,14-15H2,1H3,(H,23,24)/t20-/m0/s1. The van der Waals surface area contributed by atoms with Crippen molar-refractivity contribution in [3.05, 3.63) is 59.4 Å². The van der Waals surface area contributed by atoms with E-state index in [0.717, 1.165) is 47.7 Å². The molecule has 5 nitrogen and oxygen atoms in total. The van der Waals surface area contributed by atoms with Gasteiger partial charge in [0.2, 0.25) is 0 Å². The molecule has 1 aliphatic heterocycles. The summed E-state index contributed by atoms with van der Waals surface area (Å²) in [7, 11) is 0. The molecule has 0 unspecified atom stereocenters. The number of rotatable bonds is 6. The minimum absolute atomic E-state index is 0.00379. The fourth-order valence-electron chi connectivity index (χ4n) is 4.01. The van der Waals surface area contributed by atoms with Crippen molar-refractivity contribution in [2.24, 2.45) is 0 Å². The number of nitrogens with one attached hydrogen (secondary N) is 1. The first-order chi connectivity index (χ1) is 13.3. The highest BCUT2D eigenvalue weighted by Crippen LogP contribution is 2.32. The number of aliphatic hydroxyl groups excluding tert-OH is 1. The van der Waals surface area contributed by atoms with E-state index in [2.05, 4.69) is 34.1 Å². The lowest BCUT2D eigenvalue weighted by molar-refractivity contribution is 0.134. The van der Waals surface area contributed by atoms with E-state index in [0.29, 0.717) is 12.6 Å². The number of aliphatic hydroxyl groups is 1. The summed E-state index contributed by atoms with van der Waals surface area (Å²) in [5, 5.41) is 9.68. The normalized spacial score (nSPS) is 18.1. The molecule has 1 fully saturated rings. The van der Waals surface area contributed by atoms with Crippen LogP contribution in [0.5, 0.6) is 5.75 Å². The molecule has 5 heteroatoms. The van der Waals surface area contributed by atoms with Crippen molar-refractivity contribution in [1.82, 2.24) is 14.9 Å². The van der Waals surface area contributed by atoms with Gasteiger partial charge in [-0.15, -0.1) is 0 Å². The molecule has 2 N–H and O–H groups in total. The third-order valence-electron chi connectivity index (χ3n) is 5.32. The summed E-state index contributed by atoms with van der Waals surface area (Å²) in [5.74, 6) is 1.83. The molecular weight excluding hydrogens is 338 g/mol. The van der Waals surface area contributed by atoms with E-state index in [1.54, 1.807) is 0 Å². The number of H-pyrrole nitrogens is 1. The molecule has 4 rings (SSSR count). The topological polar surface area (TPSA) is 61.4 Å². The zero-order valence-corrected chi connectivity index (χ0v) is 15.8. The van der Waals surface area contributed by atoms with Crippen molar-refractivity contribution in [3.8, 4) is 5.75 Å². The number of benzene rings is 2. The van der Waals surface area contributed by atoms with Crippen LogP contribution in [-0.4, -0.2) is 33.1 Å². The van der Waals surface area contributed by atoms with Crippen molar-refractivity contribution in [1.29, 1.82) is 0 Å². The van der Waals surface area contributed by atoms with Gasteiger partial charge in [0.25, 0.3) is 0 Å². The summed E-state index contributed by atoms with van der Waals surface area (Å²) >= 11 is 0. The molecule has 0 spiro atoms. The molecule has 1 aromatic heterocycles. The SMILES string of the molecule is CCOc1ccc(CN2CCCC[C@H]2c2nc3ccccc3[nH]2)cc1CO. The van der Waals surface area contributed by atoms with Gasteiger partial charge in [-0.25, -0.2) is 4.98 Å². The highest BCUT2D eigenvalue weighted by Gasteiger charge is 2.26. The quantitative estimate of drug-likeness (QED) is 0.688. The molecule has 2 aromatic carbocycles. The summed E-state index contributed by atoms with van der Waals surface area (Å²) in [6.07, 6.45) is 3.55. The van der Waals surface area contributed by atoms with Gasteiger partial charge in [-0.3, -0.25) is 4.90 Å². The molecule has 0 radical (unpaired) electrons. The largest absolute Gasteiger partial charge is 0.494 e. The first-order valence-corrected chi connectivity index (χ1v) is 9.82. The molecule has 142 valence electrons. The van der Waals surface area contributed by atoms with Gasteiger partial charge in [-0.05, 0) is 56.1 Å². The van der Waals surface area contributed by atoms with E-state index in [4.69, 9.17) is 9.72 Å². The number of piperidine rings is 1. The Balaban J connectivity index is 1.57. The van der Waals surface area contributed by atoms with E-state index >= 15 is 0 Å². The molecule has 1 saturated heterocycles. The predicted molar refractivity (Wildman–Crippen MR) is 107 cm³/mol. The Morgan fingerprint density at radius 1 is 1.22 bits per heavy atom. The molecule has 1 aliphatic rings. The van der Waals surface area contributed by atoms with Crippen molar-refractivity contribution >= 4 is 11.0 Å². The number of aromatic nitrogens is 2. The molecular formula is C22H27N3O2. The molecule has 2 heterocycles. The number of fused-ring (bicyclic) bond motifs is 1. The fraction of sp³-hybridized carbons (Fsp3) is 0.409. The molecule has 0 saturated carbocycles. The Kier molecular flexibility index (Phi) is 5.41. The number of ether oxygens (including phenoxy) is 1. The van der Waals surface area contributed by atoms with E-state index in [9.17, 15) is 5.11 Å². The fourth-order valence-corrected chi connectivity index (χ4v) is 4.01. The summed E-state index contributed by atoms with van der Waals surface area (Å²) < 4.78 is 5.61. The van der Waals surface area contributed by atoms with Crippen molar-refractivity contribution in [3.63, 3.8) is 0 Å². The summed E-state index contributed by atoms with van der Waals surface area (Å²) in [6.45, 7) is 4.47. The lowest BCUT2D eigenvalue weighted by Gasteiger charge is -2.34. The number of likely N-dealkylation sites (tertiary alicyclic amines) is 1. The Bertz CT molecular complexity index is 872. The Labute approximate surface area is 160 Å². The minimum Gasteiger partial charge on any atom is -0.494 e. The average molecular weight is 365 g/mol. The molecule has 0 aliphatic carbocycles. The summed E-state index contributed by atoms with van der Waals surface area (Å²) in [5.41, 5.74) is 4.18. The van der Waals surface area contributed by atoms with Crippen molar-refractivity contribution in [2.75, 3.05) is 13.2 Å². The predicted octanol–water partition coefficient (Wildman–Crippen LogP) is 4.18. The average Bonchev–Trinajstić information content (AvgIpc) is 3.13. The first-order valence-electron chi connectivity index (χ1n) is 9.82.